The van der Waals surface area contributed by atoms with Crippen molar-refractivity contribution >= 4 is 27.5 Å². The Kier molecular flexibility index (Phi) is 6.40. The Balaban J connectivity index is 2.55. The Hall–Kier alpha value is -1.38. The summed E-state index contributed by atoms with van der Waals surface area (Å²) in [4.78, 5) is 13.7. The van der Waals surface area contributed by atoms with Crippen LogP contribution in [0.1, 0.15) is 13.3 Å². The van der Waals surface area contributed by atoms with Gasteiger partial charge in [-0.15, -0.1) is 0 Å². The van der Waals surface area contributed by atoms with Crippen LogP contribution in [0.15, 0.2) is 28.7 Å². The lowest BCUT2D eigenvalue weighted by Crippen LogP contribution is -2.34. The summed E-state index contributed by atoms with van der Waals surface area (Å²) in [7, 11) is 0. The number of amides is 1. The maximum Gasteiger partial charge on any atom is 0.238 e. The van der Waals surface area contributed by atoms with Crippen molar-refractivity contribution in [1.29, 1.82) is 5.26 Å². The molecule has 1 rings (SSSR count). The lowest BCUT2D eigenvalue weighted by atomic mass is 10.3. The molecular weight excluding hydrogens is 294 g/mol. The van der Waals surface area contributed by atoms with Crippen LogP contribution in [0.3, 0.4) is 0 Å². The summed E-state index contributed by atoms with van der Waals surface area (Å²) >= 11 is 3.37. The zero-order chi connectivity index (χ0) is 13.4. The smallest absolute Gasteiger partial charge is 0.238 e. The molecule has 0 saturated carbocycles. The number of rotatable bonds is 6. The van der Waals surface area contributed by atoms with Gasteiger partial charge in [0, 0.05) is 4.47 Å². The quantitative estimate of drug-likeness (QED) is 0.822. The average molecular weight is 310 g/mol. The van der Waals surface area contributed by atoms with E-state index in [9.17, 15) is 4.79 Å². The fraction of sp³-hybridized carbons (Fsp3) is 0.385. The van der Waals surface area contributed by atoms with Gasteiger partial charge in [-0.2, -0.15) is 5.26 Å². The van der Waals surface area contributed by atoms with E-state index in [1.165, 1.54) is 0 Å². The minimum atomic E-state index is -0.106. The van der Waals surface area contributed by atoms with Crippen molar-refractivity contribution in [2.45, 2.75) is 13.3 Å². The monoisotopic (exact) mass is 309 g/mol. The molecule has 1 amide bonds. The standard InChI is InChI=1S/C13H16BrN3O/c1-2-8-17(9-7-15)10-13(18)16-12-6-4-3-5-11(12)14/h3-6H,2,8-10H2,1H3,(H,16,18). The van der Waals surface area contributed by atoms with Gasteiger partial charge in [0.2, 0.25) is 5.91 Å². The van der Waals surface area contributed by atoms with Crippen molar-refractivity contribution in [2.75, 3.05) is 25.0 Å². The van der Waals surface area contributed by atoms with Gasteiger partial charge in [0.25, 0.3) is 0 Å². The molecule has 0 saturated heterocycles. The Morgan fingerprint density at radius 2 is 2.22 bits per heavy atom. The summed E-state index contributed by atoms with van der Waals surface area (Å²) in [5, 5.41) is 11.5. The van der Waals surface area contributed by atoms with Crippen LogP contribution in [0.5, 0.6) is 0 Å². The Morgan fingerprint density at radius 1 is 1.50 bits per heavy atom. The van der Waals surface area contributed by atoms with Crippen molar-refractivity contribution in [3.8, 4) is 6.07 Å². The van der Waals surface area contributed by atoms with E-state index in [4.69, 9.17) is 5.26 Å². The number of benzene rings is 1. The topological polar surface area (TPSA) is 56.1 Å². The second-order valence-electron chi connectivity index (χ2n) is 3.90. The largest absolute Gasteiger partial charge is 0.324 e. The summed E-state index contributed by atoms with van der Waals surface area (Å²) in [6.45, 7) is 3.28. The number of nitrogens with one attached hydrogen (secondary N) is 1. The molecule has 0 atom stereocenters. The molecule has 1 N–H and O–H groups in total. The second kappa shape index (κ2) is 7.85. The van der Waals surface area contributed by atoms with Crippen LogP contribution in [0.2, 0.25) is 0 Å². The van der Waals surface area contributed by atoms with E-state index in [-0.39, 0.29) is 19.0 Å². The lowest BCUT2D eigenvalue weighted by molar-refractivity contribution is -0.117. The fourth-order valence-electron chi connectivity index (χ4n) is 1.59. The number of anilines is 1. The Morgan fingerprint density at radius 3 is 2.83 bits per heavy atom. The molecule has 5 heteroatoms. The van der Waals surface area contributed by atoms with Gasteiger partial charge in [-0.25, -0.2) is 0 Å². The maximum atomic E-state index is 11.8. The molecule has 4 nitrogen and oxygen atoms in total. The van der Waals surface area contributed by atoms with Gasteiger partial charge in [-0.3, -0.25) is 9.69 Å². The highest BCUT2D eigenvalue weighted by Gasteiger charge is 2.10. The number of hydrogen-bond acceptors (Lipinski definition) is 3. The summed E-state index contributed by atoms with van der Waals surface area (Å²) in [5.41, 5.74) is 0.746. The van der Waals surface area contributed by atoms with Gasteiger partial charge < -0.3 is 5.32 Å². The minimum Gasteiger partial charge on any atom is -0.324 e. The summed E-state index contributed by atoms with van der Waals surface area (Å²) in [6, 6.07) is 9.52. The predicted octanol–water partition coefficient (Wildman–Crippen LogP) is 2.62. The Labute approximate surface area is 116 Å². The number of carbonyl (C=O) groups excluding carboxylic acids is 1. The molecule has 0 aliphatic rings. The molecule has 1 aromatic carbocycles. The summed E-state index contributed by atoms with van der Waals surface area (Å²) < 4.78 is 0.848. The van der Waals surface area contributed by atoms with E-state index >= 15 is 0 Å². The van der Waals surface area contributed by atoms with Gasteiger partial charge in [0.15, 0.2) is 0 Å². The first kappa shape index (κ1) is 14.7. The zero-order valence-corrected chi connectivity index (χ0v) is 11.9. The van der Waals surface area contributed by atoms with Crippen LogP contribution in [-0.4, -0.2) is 30.4 Å². The zero-order valence-electron chi connectivity index (χ0n) is 10.3. The van der Waals surface area contributed by atoms with E-state index in [0.29, 0.717) is 0 Å². The Bertz CT molecular complexity index is 442. The van der Waals surface area contributed by atoms with Gasteiger partial charge in [-0.1, -0.05) is 19.1 Å². The first-order valence-corrected chi connectivity index (χ1v) is 6.60. The second-order valence-corrected chi connectivity index (χ2v) is 4.75. The van der Waals surface area contributed by atoms with Gasteiger partial charge in [0.05, 0.1) is 24.8 Å². The van der Waals surface area contributed by atoms with E-state index < -0.39 is 0 Å². The number of nitrogens with zero attached hydrogens (tertiary/aromatic N) is 2. The van der Waals surface area contributed by atoms with Crippen molar-refractivity contribution in [3.63, 3.8) is 0 Å². The first-order valence-electron chi connectivity index (χ1n) is 5.81. The lowest BCUT2D eigenvalue weighted by Gasteiger charge is -2.17. The average Bonchev–Trinajstić information content (AvgIpc) is 2.33. The number of hydrogen-bond donors (Lipinski definition) is 1. The molecule has 0 bridgehead atoms. The van der Waals surface area contributed by atoms with Crippen LogP contribution < -0.4 is 5.32 Å². The molecular formula is C13H16BrN3O. The number of nitriles is 1. The third-order valence-electron chi connectivity index (χ3n) is 2.35. The number of halogens is 1. The van der Waals surface area contributed by atoms with E-state index in [2.05, 4.69) is 27.3 Å². The number of carbonyl (C=O) groups is 1. The van der Waals surface area contributed by atoms with E-state index in [1.54, 1.807) is 0 Å². The van der Waals surface area contributed by atoms with Crippen LogP contribution in [0, 0.1) is 11.3 Å². The summed E-state index contributed by atoms with van der Waals surface area (Å²) in [5.74, 6) is -0.106. The molecule has 0 spiro atoms. The molecule has 0 aliphatic heterocycles. The molecule has 18 heavy (non-hydrogen) atoms. The van der Waals surface area contributed by atoms with E-state index in [0.717, 1.165) is 23.1 Å². The highest BCUT2D eigenvalue weighted by molar-refractivity contribution is 9.10. The van der Waals surface area contributed by atoms with Gasteiger partial charge >= 0.3 is 0 Å². The van der Waals surface area contributed by atoms with Crippen molar-refractivity contribution in [3.05, 3.63) is 28.7 Å². The van der Waals surface area contributed by atoms with E-state index in [1.807, 2.05) is 36.1 Å². The first-order chi connectivity index (χ1) is 8.67. The fourth-order valence-corrected chi connectivity index (χ4v) is 1.97. The minimum absolute atomic E-state index is 0.106. The van der Waals surface area contributed by atoms with Crippen LogP contribution >= 0.6 is 15.9 Å². The van der Waals surface area contributed by atoms with Crippen molar-refractivity contribution < 1.29 is 4.79 Å². The maximum absolute atomic E-state index is 11.8. The SMILES string of the molecule is CCCN(CC#N)CC(=O)Nc1ccccc1Br. The van der Waals surface area contributed by atoms with Crippen molar-refractivity contribution in [1.82, 2.24) is 4.90 Å². The third-order valence-corrected chi connectivity index (χ3v) is 3.04. The van der Waals surface area contributed by atoms with Crippen molar-refractivity contribution in [2.24, 2.45) is 0 Å². The molecule has 0 aromatic heterocycles. The highest BCUT2D eigenvalue weighted by atomic mass is 79.9. The van der Waals surface area contributed by atoms with Crippen LogP contribution in [0.4, 0.5) is 5.69 Å². The van der Waals surface area contributed by atoms with Gasteiger partial charge in [0.1, 0.15) is 0 Å². The molecule has 0 fully saturated rings. The summed E-state index contributed by atoms with van der Waals surface area (Å²) in [6.07, 6.45) is 0.921. The third kappa shape index (κ3) is 4.86. The molecule has 1 aromatic rings. The van der Waals surface area contributed by atoms with Gasteiger partial charge in [-0.05, 0) is 41.0 Å². The van der Waals surface area contributed by atoms with Crippen LogP contribution in [0.25, 0.3) is 0 Å². The predicted molar refractivity (Wildman–Crippen MR) is 75.1 cm³/mol. The number of para-hydroxylation sites is 1. The van der Waals surface area contributed by atoms with Crippen LogP contribution in [-0.2, 0) is 4.79 Å². The molecule has 0 heterocycles. The molecule has 0 aliphatic carbocycles. The molecule has 0 unspecified atom stereocenters. The molecule has 0 radical (unpaired) electrons. The normalized spacial score (nSPS) is 10.1. The molecule has 96 valence electrons. The highest BCUT2D eigenvalue weighted by Crippen LogP contribution is 2.20.